The SMILES string of the molecule is CC/C=C\C/C=C\C/C=C\C/C=C\C/C=C\C/C=C\C/C=C\C/C=C\CCCCCCCCC(=O)NC(COC1OC(CO)C(OC2OC(CO)C(OC3OC(CO)C(O)C(O)C3O)C(O)C2O)C(O)C1O)C(O)/C=C/CC/C=C/CCCCCCCCCCCCCCCCCCCCCCC. The molecule has 0 radical (unpaired) electrons. The fourth-order valence-corrected chi connectivity index (χ4v) is 12.8. The van der Waals surface area contributed by atoms with Gasteiger partial charge >= 0.3 is 0 Å². The van der Waals surface area contributed by atoms with Gasteiger partial charge in [-0.05, 0) is 96.3 Å². The summed E-state index contributed by atoms with van der Waals surface area (Å²) in [6.45, 7) is 1.60. The van der Waals surface area contributed by atoms with Gasteiger partial charge in [0.15, 0.2) is 18.9 Å². The normalized spacial score (nSPS) is 26.7. The number of hydrogen-bond acceptors (Lipinski definition) is 18. The molecule has 3 aliphatic heterocycles. The molecular formula is C84H143NO18. The number of unbranched alkanes of at least 4 members (excludes halogenated alkanes) is 28. The van der Waals surface area contributed by atoms with Crippen LogP contribution < -0.4 is 5.32 Å². The van der Waals surface area contributed by atoms with Crippen LogP contribution in [0.15, 0.2) is 122 Å². The lowest BCUT2D eigenvalue weighted by atomic mass is 9.96. The molecule has 0 bridgehead atoms. The molecule has 3 aliphatic rings. The molecule has 1 amide bonds. The van der Waals surface area contributed by atoms with Gasteiger partial charge in [-0.2, -0.15) is 0 Å². The Kier molecular flexibility index (Phi) is 57.3. The molecule has 0 aromatic rings. The van der Waals surface area contributed by atoms with Crippen LogP contribution in [0.4, 0.5) is 0 Å². The van der Waals surface area contributed by atoms with E-state index in [1.165, 1.54) is 128 Å². The lowest BCUT2D eigenvalue weighted by Crippen LogP contribution is -2.66. The highest BCUT2D eigenvalue weighted by molar-refractivity contribution is 5.76. The maximum absolute atomic E-state index is 13.5. The van der Waals surface area contributed by atoms with E-state index < -0.39 is 124 Å². The van der Waals surface area contributed by atoms with Crippen molar-refractivity contribution in [1.29, 1.82) is 0 Å². The van der Waals surface area contributed by atoms with Crippen LogP contribution in [-0.2, 0) is 33.2 Å². The zero-order valence-corrected chi connectivity index (χ0v) is 63.3. The van der Waals surface area contributed by atoms with Gasteiger partial charge < -0.3 is 89.9 Å². The van der Waals surface area contributed by atoms with Gasteiger partial charge in [-0.15, -0.1) is 0 Å². The standard InChI is InChI=1S/C84H143NO18/c1-3-5-7-9-11-13-15-17-19-21-23-25-27-29-31-32-33-34-36-38-40-42-44-46-48-50-52-54-56-58-60-62-72(90)85-67(68(89)61-59-57-55-53-51-49-47-45-43-41-39-37-35-30-28-26-24-22-20-18-16-14-12-10-8-6-4-2)66-98-82-78(96)75(93)80(70(64-87)100-82)103-84-79(97)76(94)81(71(65-88)101-84)102-83-77(95)74(92)73(91)69(63-86)99-83/h5,7,11,13,17,19,23,25,29,31,33-34,38,40,44,46,51,53,59,61,67-71,73-84,86-89,91-97H,3-4,6,8-10,12,14-16,18,20-22,24,26-28,30,32,35-37,39,41-43,45,47-50,52,54-58,60,62-66H2,1-2H3,(H,85,90)/b7-5-,13-11-,19-17-,25-23-,31-29-,34-33-,40-38-,46-44-,53-51+,61-59+. The third kappa shape index (κ3) is 43.1. The summed E-state index contributed by atoms with van der Waals surface area (Å²) in [6, 6.07) is -1.01. The van der Waals surface area contributed by atoms with Gasteiger partial charge in [0.25, 0.3) is 0 Å². The van der Waals surface area contributed by atoms with Crippen LogP contribution in [-0.4, -0.2) is 193 Å². The smallest absolute Gasteiger partial charge is 0.220 e. The highest BCUT2D eigenvalue weighted by Crippen LogP contribution is 2.33. The largest absolute Gasteiger partial charge is 0.394 e. The van der Waals surface area contributed by atoms with E-state index in [0.717, 1.165) is 109 Å². The van der Waals surface area contributed by atoms with Crippen molar-refractivity contribution in [3.05, 3.63) is 122 Å². The Hall–Kier alpha value is -3.81. The molecule has 3 saturated heterocycles. The van der Waals surface area contributed by atoms with Crippen LogP contribution in [0.25, 0.3) is 0 Å². The first-order valence-electron chi connectivity index (χ1n) is 40.3. The second-order valence-electron chi connectivity index (χ2n) is 28.1. The molecule has 103 heavy (non-hydrogen) atoms. The Balaban J connectivity index is 1.41. The number of nitrogens with one attached hydrogen (secondary N) is 1. The van der Waals surface area contributed by atoms with Crippen molar-refractivity contribution < 1.29 is 89.4 Å². The highest BCUT2D eigenvalue weighted by Gasteiger charge is 2.54. The molecule has 19 nitrogen and oxygen atoms in total. The fraction of sp³-hybridized carbons (Fsp3) is 0.750. The third-order valence-electron chi connectivity index (χ3n) is 19.2. The van der Waals surface area contributed by atoms with Crippen LogP contribution in [0.2, 0.25) is 0 Å². The Labute approximate surface area is 620 Å². The van der Waals surface area contributed by atoms with Gasteiger partial charge in [0.2, 0.25) is 5.91 Å². The van der Waals surface area contributed by atoms with Crippen LogP contribution in [0.1, 0.15) is 271 Å². The summed E-state index contributed by atoms with van der Waals surface area (Å²) in [7, 11) is 0. The summed E-state index contributed by atoms with van der Waals surface area (Å²) in [5, 5.41) is 121. The van der Waals surface area contributed by atoms with Crippen molar-refractivity contribution in [2.75, 3.05) is 26.4 Å². The van der Waals surface area contributed by atoms with Crippen LogP contribution in [0.5, 0.6) is 0 Å². The summed E-state index contributed by atoms with van der Waals surface area (Å²) < 4.78 is 34.4. The molecule has 12 N–H and O–H groups in total. The van der Waals surface area contributed by atoms with Gasteiger partial charge in [0, 0.05) is 6.42 Å². The average molecular weight is 1460 g/mol. The molecule has 0 spiro atoms. The molecule has 3 rings (SSSR count). The minimum Gasteiger partial charge on any atom is -0.394 e. The first-order chi connectivity index (χ1) is 50.3. The molecule has 17 atom stereocenters. The van der Waals surface area contributed by atoms with E-state index in [0.29, 0.717) is 12.8 Å². The van der Waals surface area contributed by atoms with Gasteiger partial charge in [-0.1, -0.05) is 289 Å². The molecule has 3 heterocycles. The first kappa shape index (κ1) is 93.4. The highest BCUT2D eigenvalue weighted by atomic mass is 16.8. The Morgan fingerprint density at radius 3 is 1.09 bits per heavy atom. The molecule has 0 saturated carbocycles. The number of hydrogen-bond donors (Lipinski definition) is 12. The maximum Gasteiger partial charge on any atom is 0.220 e. The maximum atomic E-state index is 13.5. The van der Waals surface area contributed by atoms with Gasteiger partial charge in [-0.3, -0.25) is 4.79 Å². The number of carbonyl (C=O) groups excluding carboxylic acids is 1. The van der Waals surface area contributed by atoms with E-state index in [1.807, 2.05) is 6.08 Å². The van der Waals surface area contributed by atoms with Crippen molar-refractivity contribution in [3.8, 4) is 0 Å². The number of aliphatic hydroxyl groups excluding tert-OH is 11. The van der Waals surface area contributed by atoms with E-state index in [2.05, 4.69) is 129 Å². The van der Waals surface area contributed by atoms with Gasteiger partial charge in [0.05, 0.1) is 38.6 Å². The van der Waals surface area contributed by atoms with E-state index in [-0.39, 0.29) is 18.9 Å². The molecule has 17 unspecified atom stereocenters. The predicted octanol–water partition coefficient (Wildman–Crippen LogP) is 13.5. The number of aliphatic hydroxyl groups is 11. The van der Waals surface area contributed by atoms with E-state index in [1.54, 1.807) is 6.08 Å². The summed E-state index contributed by atoms with van der Waals surface area (Å²) >= 11 is 0. The predicted molar refractivity (Wildman–Crippen MR) is 410 cm³/mol. The lowest BCUT2D eigenvalue weighted by Gasteiger charge is -2.48. The van der Waals surface area contributed by atoms with Crippen molar-refractivity contribution in [1.82, 2.24) is 5.32 Å². The van der Waals surface area contributed by atoms with E-state index in [4.69, 9.17) is 28.4 Å². The zero-order chi connectivity index (χ0) is 74.6. The second-order valence-corrected chi connectivity index (χ2v) is 28.1. The number of rotatable bonds is 62. The van der Waals surface area contributed by atoms with E-state index in [9.17, 15) is 61.0 Å². The van der Waals surface area contributed by atoms with Crippen molar-refractivity contribution in [3.63, 3.8) is 0 Å². The summed E-state index contributed by atoms with van der Waals surface area (Å²) in [4.78, 5) is 13.5. The number of carbonyl (C=O) groups is 1. The molecule has 0 aromatic heterocycles. The number of allylic oxidation sites excluding steroid dienone is 19. The first-order valence-corrected chi connectivity index (χ1v) is 40.3. The quantitative estimate of drug-likeness (QED) is 0.0199. The fourth-order valence-electron chi connectivity index (χ4n) is 12.8. The molecule has 3 fully saturated rings. The Bertz CT molecular complexity index is 2330. The van der Waals surface area contributed by atoms with Crippen LogP contribution in [0, 0.1) is 0 Å². The van der Waals surface area contributed by atoms with Crippen molar-refractivity contribution >= 4 is 5.91 Å². The molecule has 0 aliphatic carbocycles. The molecule has 592 valence electrons. The van der Waals surface area contributed by atoms with E-state index >= 15 is 0 Å². The number of ether oxygens (including phenoxy) is 6. The molecule has 19 heteroatoms. The summed E-state index contributed by atoms with van der Waals surface area (Å²) in [5.74, 6) is -0.303. The monoisotopic (exact) mass is 1450 g/mol. The molecular weight excluding hydrogens is 1310 g/mol. The average Bonchev–Trinajstić information content (AvgIpc) is 0.781. The zero-order valence-electron chi connectivity index (χ0n) is 63.3. The Morgan fingerprint density at radius 2 is 0.680 bits per heavy atom. The van der Waals surface area contributed by atoms with Crippen LogP contribution >= 0.6 is 0 Å². The second kappa shape index (κ2) is 63.2. The topological polar surface area (TPSA) is 307 Å². The van der Waals surface area contributed by atoms with Crippen molar-refractivity contribution in [2.24, 2.45) is 0 Å². The molecule has 0 aromatic carbocycles. The minimum absolute atomic E-state index is 0.210. The third-order valence-corrected chi connectivity index (χ3v) is 19.2. The minimum atomic E-state index is -1.99. The van der Waals surface area contributed by atoms with Crippen molar-refractivity contribution in [2.45, 2.75) is 375 Å². The van der Waals surface area contributed by atoms with Crippen LogP contribution in [0.3, 0.4) is 0 Å². The lowest BCUT2D eigenvalue weighted by molar-refractivity contribution is -0.379. The van der Waals surface area contributed by atoms with Gasteiger partial charge in [0.1, 0.15) is 73.2 Å². The summed E-state index contributed by atoms with van der Waals surface area (Å²) in [6.07, 6.45) is 61.8. The Morgan fingerprint density at radius 1 is 0.359 bits per heavy atom. The van der Waals surface area contributed by atoms with Gasteiger partial charge in [-0.25, -0.2) is 0 Å². The summed E-state index contributed by atoms with van der Waals surface area (Å²) in [5.41, 5.74) is 0. The number of amides is 1.